The summed E-state index contributed by atoms with van der Waals surface area (Å²) in [6.07, 6.45) is 1.03. The fourth-order valence-corrected chi connectivity index (χ4v) is 3.17. The molecular formula is C17H19NO2. The molecule has 20 heavy (non-hydrogen) atoms. The molecule has 0 aromatic heterocycles. The van der Waals surface area contributed by atoms with Crippen LogP contribution in [0.2, 0.25) is 0 Å². The average Bonchev–Trinajstić information content (AvgIpc) is 2.78. The highest BCUT2D eigenvalue weighted by molar-refractivity contribution is 6.03. The third-order valence-corrected chi connectivity index (χ3v) is 4.18. The second kappa shape index (κ2) is 4.82. The van der Waals surface area contributed by atoms with Gasteiger partial charge in [-0.25, -0.2) is 0 Å². The summed E-state index contributed by atoms with van der Waals surface area (Å²) in [6, 6.07) is 11.4. The highest BCUT2D eigenvalue weighted by Crippen LogP contribution is 2.32. The van der Waals surface area contributed by atoms with Gasteiger partial charge in [0.25, 0.3) is 5.91 Å². The lowest BCUT2D eigenvalue weighted by molar-refractivity contribution is 0.0741. The molecule has 3 heteroatoms. The minimum Gasteiger partial charge on any atom is -0.506 e. The van der Waals surface area contributed by atoms with Gasteiger partial charge in [0.1, 0.15) is 5.75 Å². The number of hydrogen-bond donors (Lipinski definition) is 1. The van der Waals surface area contributed by atoms with E-state index in [1.54, 1.807) is 6.07 Å². The number of aromatic hydroxyl groups is 1. The summed E-state index contributed by atoms with van der Waals surface area (Å²) in [5.74, 6) is 0.557. The molecular weight excluding hydrogens is 250 g/mol. The number of likely N-dealkylation sites (tertiary alicyclic amines) is 1. The van der Waals surface area contributed by atoms with E-state index >= 15 is 0 Å². The first-order chi connectivity index (χ1) is 9.58. The van der Waals surface area contributed by atoms with Gasteiger partial charge in [-0.05, 0) is 30.7 Å². The van der Waals surface area contributed by atoms with Gasteiger partial charge in [-0.2, -0.15) is 0 Å². The minimum absolute atomic E-state index is 0.0647. The predicted molar refractivity (Wildman–Crippen MR) is 79.9 cm³/mol. The number of benzene rings is 2. The summed E-state index contributed by atoms with van der Waals surface area (Å²) in [5, 5.41) is 12.1. The van der Waals surface area contributed by atoms with Gasteiger partial charge in [-0.1, -0.05) is 37.3 Å². The SMILES string of the molecule is CC1CC(C)N(C(=O)c2ccc3ccccc3c2O)C1. The van der Waals surface area contributed by atoms with Crippen LogP contribution in [0.3, 0.4) is 0 Å². The first-order valence-corrected chi connectivity index (χ1v) is 7.09. The maximum Gasteiger partial charge on any atom is 0.257 e. The van der Waals surface area contributed by atoms with E-state index in [0.717, 1.165) is 23.7 Å². The molecule has 0 spiro atoms. The molecule has 3 rings (SSSR count). The molecule has 1 N–H and O–H groups in total. The molecule has 1 aliphatic rings. The Morgan fingerprint density at radius 1 is 1.20 bits per heavy atom. The zero-order valence-corrected chi connectivity index (χ0v) is 11.8. The Balaban J connectivity index is 2.02. The Bertz CT molecular complexity index is 665. The van der Waals surface area contributed by atoms with Crippen LogP contribution in [0.25, 0.3) is 10.8 Å². The summed E-state index contributed by atoms with van der Waals surface area (Å²) < 4.78 is 0. The number of hydrogen-bond acceptors (Lipinski definition) is 2. The molecule has 0 aliphatic carbocycles. The van der Waals surface area contributed by atoms with Crippen molar-refractivity contribution in [1.82, 2.24) is 4.90 Å². The van der Waals surface area contributed by atoms with Crippen molar-refractivity contribution in [3.63, 3.8) is 0 Å². The molecule has 2 unspecified atom stereocenters. The Kier molecular flexibility index (Phi) is 3.13. The average molecular weight is 269 g/mol. The molecule has 0 bridgehead atoms. The Morgan fingerprint density at radius 2 is 1.95 bits per heavy atom. The van der Waals surface area contributed by atoms with Crippen LogP contribution in [-0.2, 0) is 0 Å². The second-order valence-corrected chi connectivity index (χ2v) is 5.83. The van der Waals surface area contributed by atoms with Crippen LogP contribution < -0.4 is 0 Å². The maximum atomic E-state index is 12.6. The van der Waals surface area contributed by atoms with Crippen molar-refractivity contribution in [1.29, 1.82) is 0 Å². The van der Waals surface area contributed by atoms with Crippen molar-refractivity contribution in [3.05, 3.63) is 42.0 Å². The molecule has 1 aliphatic heterocycles. The summed E-state index contributed by atoms with van der Waals surface area (Å²) in [6.45, 7) is 5.00. The van der Waals surface area contributed by atoms with E-state index < -0.39 is 0 Å². The van der Waals surface area contributed by atoms with Gasteiger partial charge in [-0.15, -0.1) is 0 Å². The van der Waals surface area contributed by atoms with Crippen molar-refractivity contribution in [2.24, 2.45) is 5.92 Å². The van der Waals surface area contributed by atoms with Crippen LogP contribution in [-0.4, -0.2) is 28.5 Å². The number of fused-ring (bicyclic) bond motifs is 1. The monoisotopic (exact) mass is 269 g/mol. The van der Waals surface area contributed by atoms with Gasteiger partial charge < -0.3 is 10.0 Å². The van der Waals surface area contributed by atoms with Crippen LogP contribution in [0.15, 0.2) is 36.4 Å². The van der Waals surface area contributed by atoms with E-state index in [1.807, 2.05) is 35.2 Å². The molecule has 1 saturated heterocycles. The Morgan fingerprint density at radius 3 is 2.65 bits per heavy atom. The number of phenols is 1. The highest BCUT2D eigenvalue weighted by Gasteiger charge is 2.31. The third-order valence-electron chi connectivity index (χ3n) is 4.18. The van der Waals surface area contributed by atoms with Gasteiger partial charge in [0.05, 0.1) is 5.56 Å². The van der Waals surface area contributed by atoms with Crippen LogP contribution in [0, 0.1) is 5.92 Å². The first kappa shape index (κ1) is 13.0. The van der Waals surface area contributed by atoms with E-state index in [0.29, 0.717) is 11.5 Å². The largest absolute Gasteiger partial charge is 0.506 e. The van der Waals surface area contributed by atoms with Gasteiger partial charge >= 0.3 is 0 Å². The standard InChI is InChI=1S/C17H19NO2/c1-11-9-12(2)18(10-11)17(20)15-8-7-13-5-3-4-6-14(13)16(15)19/h3-8,11-12,19H,9-10H2,1-2H3. The third kappa shape index (κ3) is 2.03. The van der Waals surface area contributed by atoms with E-state index in [9.17, 15) is 9.90 Å². The minimum atomic E-state index is -0.0647. The van der Waals surface area contributed by atoms with Crippen molar-refractivity contribution >= 4 is 16.7 Å². The van der Waals surface area contributed by atoms with Crippen molar-refractivity contribution < 1.29 is 9.90 Å². The summed E-state index contributed by atoms with van der Waals surface area (Å²) in [7, 11) is 0. The van der Waals surface area contributed by atoms with E-state index in [-0.39, 0.29) is 17.7 Å². The number of phenolic OH excluding ortho intramolecular Hbond substituents is 1. The van der Waals surface area contributed by atoms with Gasteiger partial charge in [0, 0.05) is 18.0 Å². The lowest BCUT2D eigenvalue weighted by Crippen LogP contribution is -2.34. The topological polar surface area (TPSA) is 40.5 Å². The second-order valence-electron chi connectivity index (χ2n) is 5.83. The number of rotatable bonds is 1. The summed E-state index contributed by atoms with van der Waals surface area (Å²) in [4.78, 5) is 14.5. The van der Waals surface area contributed by atoms with Crippen molar-refractivity contribution in [3.8, 4) is 5.75 Å². The lowest BCUT2D eigenvalue weighted by atomic mass is 10.0. The van der Waals surface area contributed by atoms with Crippen LogP contribution in [0.1, 0.15) is 30.6 Å². The molecule has 3 nitrogen and oxygen atoms in total. The summed E-state index contributed by atoms with van der Waals surface area (Å²) in [5.41, 5.74) is 0.407. The quantitative estimate of drug-likeness (QED) is 0.861. The molecule has 0 saturated carbocycles. The Labute approximate surface area is 118 Å². The molecule has 1 fully saturated rings. The van der Waals surface area contributed by atoms with Crippen molar-refractivity contribution in [2.75, 3.05) is 6.54 Å². The van der Waals surface area contributed by atoms with Crippen LogP contribution in [0.5, 0.6) is 5.75 Å². The van der Waals surface area contributed by atoms with Crippen LogP contribution >= 0.6 is 0 Å². The fraction of sp³-hybridized carbons (Fsp3) is 0.353. The maximum absolute atomic E-state index is 12.6. The smallest absolute Gasteiger partial charge is 0.257 e. The van der Waals surface area contributed by atoms with Crippen LogP contribution in [0.4, 0.5) is 0 Å². The molecule has 2 atom stereocenters. The number of carbonyl (C=O) groups is 1. The zero-order chi connectivity index (χ0) is 14.3. The first-order valence-electron chi connectivity index (χ1n) is 7.09. The molecule has 2 aromatic carbocycles. The van der Waals surface area contributed by atoms with Gasteiger partial charge in [-0.3, -0.25) is 4.79 Å². The molecule has 0 radical (unpaired) electrons. The van der Waals surface area contributed by atoms with Crippen molar-refractivity contribution in [2.45, 2.75) is 26.3 Å². The molecule has 2 aromatic rings. The molecule has 1 amide bonds. The molecule has 1 heterocycles. The normalized spacial score (nSPS) is 22.4. The lowest BCUT2D eigenvalue weighted by Gasteiger charge is -2.22. The number of amides is 1. The Hall–Kier alpha value is -2.03. The predicted octanol–water partition coefficient (Wildman–Crippen LogP) is 3.42. The number of carbonyl (C=O) groups excluding carboxylic acids is 1. The molecule has 104 valence electrons. The van der Waals surface area contributed by atoms with Gasteiger partial charge in [0.2, 0.25) is 0 Å². The summed E-state index contributed by atoms with van der Waals surface area (Å²) >= 11 is 0. The fourth-order valence-electron chi connectivity index (χ4n) is 3.17. The van der Waals surface area contributed by atoms with E-state index in [2.05, 4.69) is 13.8 Å². The van der Waals surface area contributed by atoms with E-state index in [4.69, 9.17) is 0 Å². The number of nitrogens with zero attached hydrogens (tertiary/aromatic N) is 1. The zero-order valence-electron chi connectivity index (χ0n) is 11.8. The van der Waals surface area contributed by atoms with E-state index in [1.165, 1.54) is 0 Å². The highest BCUT2D eigenvalue weighted by atomic mass is 16.3. The van der Waals surface area contributed by atoms with Gasteiger partial charge in [0.15, 0.2) is 0 Å².